The minimum absolute atomic E-state index is 0.563. The number of alkyl halides is 1. The van der Waals surface area contributed by atoms with E-state index >= 15 is 4.39 Å². The van der Waals surface area contributed by atoms with E-state index in [9.17, 15) is 0 Å². The van der Waals surface area contributed by atoms with Crippen molar-refractivity contribution < 1.29 is 4.39 Å². The van der Waals surface area contributed by atoms with Gasteiger partial charge < -0.3 is 9.13 Å². The summed E-state index contributed by atoms with van der Waals surface area (Å²) in [4.78, 5) is 12.6. The molecule has 1 aliphatic rings. The Kier molecular flexibility index (Phi) is 8.59. The molecule has 3 aromatic heterocycles. The normalized spacial score (nSPS) is 13.6. The van der Waals surface area contributed by atoms with Gasteiger partial charge in [0.15, 0.2) is 14.2 Å². The first-order valence-electron chi connectivity index (χ1n) is 21.4. The first-order valence-corrected chi connectivity index (χ1v) is 23.4. The van der Waals surface area contributed by atoms with Crippen molar-refractivity contribution in [3.8, 4) is 17.1 Å². The second kappa shape index (κ2) is 14.6. The number of rotatable bonds is 7. The van der Waals surface area contributed by atoms with E-state index in [0.29, 0.717) is 11.1 Å². The molecular weight excluding hydrogens is 790 g/mol. The van der Waals surface area contributed by atoms with Crippen LogP contribution in [0.1, 0.15) is 17.3 Å². The summed E-state index contributed by atoms with van der Waals surface area (Å²) in [6, 6.07) is 74.2. The molecule has 0 saturated heterocycles. The molecule has 0 amide bonds. The highest BCUT2D eigenvalue weighted by Gasteiger charge is 2.50. The predicted molar refractivity (Wildman–Crippen MR) is 260 cm³/mol. The lowest BCUT2D eigenvalue weighted by atomic mass is 9.99. The van der Waals surface area contributed by atoms with Crippen LogP contribution in [-0.2, 0) is 7.05 Å². The minimum atomic E-state index is -3.06. The summed E-state index contributed by atoms with van der Waals surface area (Å²) in [5.41, 5.74) is 9.15. The van der Waals surface area contributed by atoms with Gasteiger partial charge in [-0.25, -0.2) is 14.4 Å². The van der Waals surface area contributed by atoms with Crippen molar-refractivity contribution in [2.45, 2.75) is 6.17 Å². The molecule has 0 fully saturated rings. The summed E-state index contributed by atoms with van der Waals surface area (Å²) in [5, 5.41) is 7.25. The second-order valence-corrected chi connectivity index (χ2v) is 20.0. The Bertz CT molecular complexity index is 3470. The van der Waals surface area contributed by atoms with Gasteiger partial charge in [0, 0.05) is 41.0 Å². The fraction of sp³-hybridized carbons (Fsp3) is 0.0357. The summed E-state index contributed by atoms with van der Waals surface area (Å²) in [6.45, 7) is 0. The van der Waals surface area contributed by atoms with Gasteiger partial charge in [-0.1, -0.05) is 152 Å². The van der Waals surface area contributed by atoms with E-state index in [0.717, 1.165) is 67.1 Å². The van der Waals surface area contributed by atoms with E-state index in [-0.39, 0.29) is 0 Å². The number of para-hydroxylation sites is 4. The lowest BCUT2D eigenvalue weighted by molar-refractivity contribution is 0.402. The van der Waals surface area contributed by atoms with Crippen LogP contribution in [-0.4, -0.2) is 27.2 Å². The van der Waals surface area contributed by atoms with Crippen LogP contribution in [0, 0.1) is 0 Å². The Morgan fingerprint density at radius 3 is 1.90 bits per heavy atom. The summed E-state index contributed by atoms with van der Waals surface area (Å²) in [6.07, 6.45) is 0.498. The fourth-order valence-corrected chi connectivity index (χ4v) is 15.3. The maximum atomic E-state index is 17.4. The van der Waals surface area contributed by atoms with Crippen molar-refractivity contribution in [3.05, 3.63) is 230 Å². The van der Waals surface area contributed by atoms with Crippen LogP contribution in [0.2, 0.25) is 0 Å². The molecule has 12 rings (SSSR count). The lowest BCUT2D eigenvalue weighted by Crippen LogP contribution is -2.77. The third kappa shape index (κ3) is 5.60. The van der Waals surface area contributed by atoms with Crippen LogP contribution in [0.25, 0.3) is 49.9 Å². The van der Waals surface area contributed by atoms with Crippen LogP contribution in [0.5, 0.6) is 0 Å². The van der Waals surface area contributed by atoms with Crippen LogP contribution in [0.3, 0.4) is 0 Å². The van der Waals surface area contributed by atoms with Crippen molar-refractivity contribution in [1.29, 1.82) is 0 Å². The van der Waals surface area contributed by atoms with Gasteiger partial charge in [0.1, 0.15) is 11.6 Å². The molecule has 300 valence electrons. The highest BCUT2D eigenvalue weighted by Crippen LogP contribution is 2.46. The molecule has 1 aliphatic heterocycles. The number of halogens is 1. The van der Waals surface area contributed by atoms with Gasteiger partial charge in [-0.15, -0.1) is 0 Å². The number of fused-ring (bicyclic) bond motifs is 7. The van der Waals surface area contributed by atoms with Gasteiger partial charge in [0.2, 0.25) is 0 Å². The monoisotopic (exact) mass is 829 g/mol. The number of hydrogen-bond donors (Lipinski definition) is 0. The molecule has 0 saturated carbocycles. The largest absolute Gasteiger partial charge is 0.327 e. The molecule has 4 heterocycles. The number of hydrogen-bond acceptors (Lipinski definition) is 3. The number of imidazole rings is 1. The SMILES string of the molecule is Cn1c(-c2cccc(C(F)c3cccc(N4c5ncccc5[Si](c5ccccc5)(c5ccccc5)c5ccc6c(c54)c4ccccc4n6-c4ccccc4)c3)c2)nc2ccccc21. The van der Waals surface area contributed by atoms with Crippen molar-refractivity contribution in [2.75, 3.05) is 4.90 Å². The Morgan fingerprint density at radius 2 is 1.16 bits per heavy atom. The average molecular weight is 830 g/mol. The Balaban J connectivity index is 1.12. The summed E-state index contributed by atoms with van der Waals surface area (Å²) in [5.74, 6) is 1.65. The van der Waals surface area contributed by atoms with Gasteiger partial charge in [-0.2, -0.15) is 0 Å². The third-order valence-corrected chi connectivity index (χ3v) is 17.7. The Hall–Kier alpha value is -7.87. The maximum absolute atomic E-state index is 17.4. The highest BCUT2D eigenvalue weighted by molar-refractivity contribution is 7.21. The number of nitrogens with zero attached hydrogens (tertiary/aromatic N) is 5. The molecule has 63 heavy (non-hydrogen) atoms. The van der Waals surface area contributed by atoms with E-state index in [1.807, 2.05) is 73.9 Å². The molecule has 8 aromatic carbocycles. The van der Waals surface area contributed by atoms with Crippen LogP contribution < -0.4 is 25.6 Å². The third-order valence-electron chi connectivity index (χ3n) is 12.9. The summed E-state index contributed by atoms with van der Waals surface area (Å²) >= 11 is 0. The highest BCUT2D eigenvalue weighted by atomic mass is 28.3. The quantitative estimate of drug-likeness (QED) is 0.150. The van der Waals surface area contributed by atoms with E-state index in [2.05, 4.69) is 166 Å². The van der Waals surface area contributed by atoms with Gasteiger partial charge in [0.05, 0.1) is 27.8 Å². The smallest absolute Gasteiger partial charge is 0.186 e. The zero-order chi connectivity index (χ0) is 42.1. The molecule has 1 atom stereocenters. The zero-order valence-electron chi connectivity index (χ0n) is 34.5. The number of anilines is 3. The molecule has 0 bridgehead atoms. The van der Waals surface area contributed by atoms with Crippen LogP contribution in [0.15, 0.2) is 219 Å². The van der Waals surface area contributed by atoms with Crippen LogP contribution >= 0.6 is 0 Å². The minimum Gasteiger partial charge on any atom is -0.327 e. The Labute approximate surface area is 365 Å². The summed E-state index contributed by atoms with van der Waals surface area (Å²) < 4.78 is 21.8. The number of aromatic nitrogens is 4. The first-order chi connectivity index (χ1) is 31.1. The van der Waals surface area contributed by atoms with Crippen molar-refractivity contribution in [3.63, 3.8) is 0 Å². The second-order valence-electron chi connectivity index (χ2n) is 16.3. The molecular formula is C56H40FN5Si. The summed E-state index contributed by atoms with van der Waals surface area (Å²) in [7, 11) is -1.05. The van der Waals surface area contributed by atoms with Gasteiger partial charge in [0.25, 0.3) is 0 Å². The fourth-order valence-electron chi connectivity index (χ4n) is 10.2. The van der Waals surface area contributed by atoms with E-state index in [1.54, 1.807) is 0 Å². The molecule has 7 heteroatoms. The molecule has 11 aromatic rings. The van der Waals surface area contributed by atoms with Crippen LogP contribution in [0.4, 0.5) is 21.6 Å². The molecule has 0 N–H and O–H groups in total. The molecule has 0 radical (unpaired) electrons. The van der Waals surface area contributed by atoms with Gasteiger partial charge in [-0.3, -0.25) is 4.90 Å². The maximum Gasteiger partial charge on any atom is 0.186 e. The van der Waals surface area contributed by atoms with E-state index in [1.165, 1.54) is 20.7 Å². The Morgan fingerprint density at radius 1 is 0.524 bits per heavy atom. The number of pyridine rings is 1. The molecule has 0 spiro atoms. The predicted octanol–water partition coefficient (Wildman–Crippen LogP) is 11.0. The topological polar surface area (TPSA) is 38.9 Å². The van der Waals surface area contributed by atoms with E-state index < -0.39 is 14.2 Å². The number of benzene rings is 8. The lowest BCUT2D eigenvalue weighted by Gasteiger charge is -2.44. The molecule has 5 nitrogen and oxygen atoms in total. The zero-order valence-corrected chi connectivity index (χ0v) is 35.5. The van der Waals surface area contributed by atoms with Crippen molar-refractivity contribution in [1.82, 2.24) is 19.1 Å². The van der Waals surface area contributed by atoms with Crippen molar-refractivity contribution in [2.24, 2.45) is 7.05 Å². The van der Waals surface area contributed by atoms with E-state index in [4.69, 9.17) is 9.97 Å². The number of aryl methyl sites for hydroxylation is 1. The van der Waals surface area contributed by atoms with Crippen molar-refractivity contribution >= 4 is 78.9 Å². The first kappa shape index (κ1) is 36.9. The van der Waals surface area contributed by atoms with Gasteiger partial charge >= 0.3 is 0 Å². The van der Waals surface area contributed by atoms with Gasteiger partial charge in [-0.05, 0) is 92.5 Å². The average Bonchev–Trinajstić information content (AvgIpc) is 3.88. The standard InChI is InChI=1S/C56H40FN5Si/c1-60-48-31-14-12-29-46(48)59-55(60)40-20-15-18-38(36-40)53(57)39-19-16-23-42(37-39)62-54-50(34-33-49-52(54)45-28-11-13-30-47(45)61(49)41-21-5-2-6-22-41)63(43-24-7-3-8-25-43,44-26-9-4-10-27-44)51-32-17-35-58-56(51)62/h2-37,53H,1H3. The molecule has 0 aliphatic carbocycles. The molecule has 1 unspecified atom stereocenters.